The van der Waals surface area contributed by atoms with Gasteiger partial charge in [-0.15, -0.1) is 0 Å². The summed E-state index contributed by atoms with van der Waals surface area (Å²) in [5, 5.41) is 6.40. The van der Waals surface area contributed by atoms with Crippen LogP contribution in [0.1, 0.15) is 50.9 Å². The van der Waals surface area contributed by atoms with E-state index in [1.165, 1.54) is 0 Å². The van der Waals surface area contributed by atoms with Crippen molar-refractivity contribution in [2.24, 2.45) is 5.92 Å². The van der Waals surface area contributed by atoms with E-state index in [-0.39, 0.29) is 11.9 Å². The highest BCUT2D eigenvalue weighted by atomic mass is 16.2. The predicted molar refractivity (Wildman–Crippen MR) is 99.8 cm³/mol. The minimum absolute atomic E-state index is 0.0105. The van der Waals surface area contributed by atoms with Crippen molar-refractivity contribution in [1.82, 2.24) is 20.6 Å². The van der Waals surface area contributed by atoms with Crippen LogP contribution in [0.25, 0.3) is 0 Å². The molecule has 6 heteroatoms. The van der Waals surface area contributed by atoms with Crippen LogP contribution in [-0.2, 0) is 17.6 Å². The summed E-state index contributed by atoms with van der Waals surface area (Å²) < 4.78 is 0. The lowest BCUT2D eigenvalue weighted by Crippen LogP contribution is -2.45. The van der Waals surface area contributed by atoms with Crippen molar-refractivity contribution in [2.75, 3.05) is 31.1 Å². The molecule has 2 atom stereocenters. The van der Waals surface area contributed by atoms with Gasteiger partial charge in [-0.1, -0.05) is 13.8 Å². The minimum Gasteiger partial charge on any atom is -0.354 e. The van der Waals surface area contributed by atoms with Crippen molar-refractivity contribution in [3.8, 4) is 0 Å². The van der Waals surface area contributed by atoms with E-state index in [0.717, 1.165) is 82.0 Å². The smallest absolute Gasteiger partial charge is 0.237 e. The van der Waals surface area contributed by atoms with E-state index < -0.39 is 0 Å². The summed E-state index contributed by atoms with van der Waals surface area (Å²) in [4.78, 5) is 24.0. The molecule has 1 amide bonds. The quantitative estimate of drug-likeness (QED) is 0.821. The molecule has 0 aromatic carbocycles. The summed E-state index contributed by atoms with van der Waals surface area (Å²) in [7, 11) is 0. The third-order valence-corrected chi connectivity index (χ3v) is 5.29. The molecule has 2 fully saturated rings. The Bertz CT molecular complexity index is 563. The van der Waals surface area contributed by atoms with Gasteiger partial charge >= 0.3 is 0 Å². The standard InChI is InChI=1S/C19H31N5O/c1-3-15-11-16(4-2)23-19(22-15)24-10-6-7-14(13-24)12-21-18(25)17-8-5-9-20-17/h11,14,17,20H,3-10,12-13H2,1-2H3,(H,21,25). The zero-order chi connectivity index (χ0) is 17.6. The maximum absolute atomic E-state index is 12.2. The van der Waals surface area contributed by atoms with Crippen LogP contribution in [0.2, 0.25) is 0 Å². The number of piperidine rings is 1. The van der Waals surface area contributed by atoms with Gasteiger partial charge in [0.2, 0.25) is 11.9 Å². The molecule has 2 aliphatic heterocycles. The van der Waals surface area contributed by atoms with Crippen LogP contribution in [0.5, 0.6) is 0 Å². The van der Waals surface area contributed by atoms with E-state index in [4.69, 9.17) is 9.97 Å². The first-order valence-electron chi connectivity index (χ1n) is 9.82. The van der Waals surface area contributed by atoms with Crippen molar-refractivity contribution >= 4 is 11.9 Å². The Hall–Kier alpha value is -1.69. The topological polar surface area (TPSA) is 70.2 Å². The molecule has 2 saturated heterocycles. The van der Waals surface area contributed by atoms with Crippen LogP contribution in [0.4, 0.5) is 5.95 Å². The molecule has 0 saturated carbocycles. The van der Waals surface area contributed by atoms with E-state index in [9.17, 15) is 4.79 Å². The third-order valence-electron chi connectivity index (χ3n) is 5.29. The van der Waals surface area contributed by atoms with Crippen LogP contribution in [0.15, 0.2) is 6.07 Å². The van der Waals surface area contributed by atoms with E-state index in [2.05, 4.69) is 35.4 Å². The number of hydrogen-bond acceptors (Lipinski definition) is 5. The molecule has 0 aliphatic carbocycles. The number of hydrogen-bond donors (Lipinski definition) is 2. The van der Waals surface area contributed by atoms with Gasteiger partial charge in [-0.05, 0) is 57.1 Å². The van der Waals surface area contributed by atoms with Gasteiger partial charge < -0.3 is 15.5 Å². The highest BCUT2D eigenvalue weighted by Crippen LogP contribution is 2.21. The fourth-order valence-electron chi connectivity index (χ4n) is 3.73. The zero-order valence-electron chi connectivity index (χ0n) is 15.6. The summed E-state index contributed by atoms with van der Waals surface area (Å²) in [5.74, 6) is 1.50. The number of aromatic nitrogens is 2. The van der Waals surface area contributed by atoms with E-state index in [0.29, 0.717) is 5.92 Å². The molecule has 1 aromatic heterocycles. The SMILES string of the molecule is CCc1cc(CC)nc(N2CCCC(CNC(=O)C3CCCN3)C2)n1. The number of amides is 1. The molecule has 3 rings (SSSR count). The van der Waals surface area contributed by atoms with Gasteiger partial charge in [-0.2, -0.15) is 0 Å². The Morgan fingerprint density at radius 2 is 2.00 bits per heavy atom. The largest absolute Gasteiger partial charge is 0.354 e. The van der Waals surface area contributed by atoms with Crippen LogP contribution < -0.4 is 15.5 Å². The molecule has 0 spiro atoms. The lowest BCUT2D eigenvalue weighted by Gasteiger charge is -2.33. The fourth-order valence-corrected chi connectivity index (χ4v) is 3.73. The maximum Gasteiger partial charge on any atom is 0.237 e. The molecule has 2 N–H and O–H groups in total. The molecule has 1 aromatic rings. The van der Waals surface area contributed by atoms with Gasteiger partial charge in [0, 0.05) is 31.0 Å². The van der Waals surface area contributed by atoms with Crippen molar-refractivity contribution in [1.29, 1.82) is 0 Å². The summed E-state index contributed by atoms with van der Waals surface area (Å²) in [6.07, 6.45) is 6.21. The van der Waals surface area contributed by atoms with Gasteiger partial charge in [0.1, 0.15) is 0 Å². The Balaban J connectivity index is 1.58. The summed E-state index contributed by atoms with van der Waals surface area (Å²) in [6.45, 7) is 7.91. The zero-order valence-corrected chi connectivity index (χ0v) is 15.6. The van der Waals surface area contributed by atoms with Crippen molar-refractivity contribution < 1.29 is 4.79 Å². The molecular weight excluding hydrogens is 314 g/mol. The highest BCUT2D eigenvalue weighted by molar-refractivity contribution is 5.81. The molecule has 0 bridgehead atoms. The number of nitrogens with zero attached hydrogens (tertiary/aromatic N) is 3. The number of carbonyl (C=O) groups excluding carboxylic acids is 1. The van der Waals surface area contributed by atoms with Crippen molar-refractivity contribution in [2.45, 2.75) is 58.4 Å². The molecule has 6 nitrogen and oxygen atoms in total. The average Bonchev–Trinajstić information content (AvgIpc) is 3.20. The van der Waals surface area contributed by atoms with Crippen LogP contribution in [0.3, 0.4) is 0 Å². The highest BCUT2D eigenvalue weighted by Gasteiger charge is 2.25. The second-order valence-corrected chi connectivity index (χ2v) is 7.21. The average molecular weight is 345 g/mol. The van der Waals surface area contributed by atoms with Gasteiger partial charge in [0.05, 0.1) is 6.04 Å². The van der Waals surface area contributed by atoms with Crippen molar-refractivity contribution in [3.63, 3.8) is 0 Å². The van der Waals surface area contributed by atoms with Crippen LogP contribution in [0, 0.1) is 5.92 Å². The fraction of sp³-hybridized carbons (Fsp3) is 0.737. The summed E-state index contributed by atoms with van der Waals surface area (Å²) >= 11 is 0. The molecule has 3 heterocycles. The molecule has 0 radical (unpaired) electrons. The first-order chi connectivity index (χ1) is 12.2. The number of carbonyl (C=O) groups is 1. The van der Waals surface area contributed by atoms with E-state index >= 15 is 0 Å². The van der Waals surface area contributed by atoms with E-state index in [1.54, 1.807) is 0 Å². The molecule has 138 valence electrons. The normalized spacial score (nSPS) is 23.7. The van der Waals surface area contributed by atoms with Crippen molar-refractivity contribution in [3.05, 3.63) is 17.5 Å². The Morgan fingerprint density at radius 1 is 1.24 bits per heavy atom. The lowest BCUT2D eigenvalue weighted by atomic mass is 9.98. The number of nitrogens with one attached hydrogen (secondary N) is 2. The Kier molecular flexibility index (Phi) is 6.24. The number of aryl methyl sites for hydroxylation is 2. The third kappa shape index (κ3) is 4.69. The predicted octanol–water partition coefficient (Wildman–Crippen LogP) is 1.69. The van der Waals surface area contributed by atoms with Gasteiger partial charge in [-0.25, -0.2) is 9.97 Å². The van der Waals surface area contributed by atoms with Gasteiger partial charge in [0.15, 0.2) is 0 Å². The number of anilines is 1. The number of rotatable bonds is 6. The maximum atomic E-state index is 12.2. The van der Waals surface area contributed by atoms with E-state index in [1.807, 2.05) is 0 Å². The van der Waals surface area contributed by atoms with Gasteiger partial charge in [-0.3, -0.25) is 4.79 Å². The first kappa shape index (κ1) is 18.1. The molecule has 25 heavy (non-hydrogen) atoms. The minimum atomic E-state index is 0.0105. The second kappa shape index (κ2) is 8.61. The van der Waals surface area contributed by atoms with Crippen LogP contribution in [-0.4, -0.2) is 48.1 Å². The van der Waals surface area contributed by atoms with Gasteiger partial charge in [0.25, 0.3) is 0 Å². The Morgan fingerprint density at radius 3 is 2.64 bits per heavy atom. The van der Waals surface area contributed by atoms with Crippen LogP contribution >= 0.6 is 0 Å². The first-order valence-corrected chi connectivity index (χ1v) is 9.82. The molecule has 2 aliphatic rings. The Labute approximate surface area is 150 Å². The summed E-state index contributed by atoms with van der Waals surface area (Å²) in [6, 6.07) is 2.12. The lowest BCUT2D eigenvalue weighted by molar-refractivity contribution is -0.122. The monoisotopic (exact) mass is 345 g/mol. The summed E-state index contributed by atoms with van der Waals surface area (Å²) in [5.41, 5.74) is 2.23. The second-order valence-electron chi connectivity index (χ2n) is 7.21. The molecule has 2 unspecified atom stereocenters. The molecular formula is C19H31N5O.